The van der Waals surface area contributed by atoms with Crippen LogP contribution in [-0.4, -0.2) is 30.8 Å². The van der Waals surface area contributed by atoms with Crippen molar-refractivity contribution >= 4 is 5.91 Å². The van der Waals surface area contributed by atoms with Gasteiger partial charge in [-0.05, 0) is 43.4 Å². The lowest BCUT2D eigenvalue weighted by atomic mass is 10.1. The lowest BCUT2D eigenvalue weighted by Gasteiger charge is -2.11. The van der Waals surface area contributed by atoms with Crippen LogP contribution in [0.3, 0.4) is 0 Å². The minimum atomic E-state index is -0.191. The minimum Gasteiger partial charge on any atom is -0.497 e. The molecule has 1 aromatic rings. The van der Waals surface area contributed by atoms with Gasteiger partial charge in [-0.15, -0.1) is 0 Å². The highest BCUT2D eigenvalue weighted by molar-refractivity contribution is 5.94. The van der Waals surface area contributed by atoms with Crippen molar-refractivity contribution in [3.8, 4) is 5.75 Å². The van der Waals surface area contributed by atoms with Crippen LogP contribution in [0.15, 0.2) is 24.3 Å². The van der Waals surface area contributed by atoms with Crippen molar-refractivity contribution in [2.24, 2.45) is 5.92 Å². The highest BCUT2D eigenvalue weighted by Crippen LogP contribution is 2.24. The van der Waals surface area contributed by atoms with Gasteiger partial charge in [0.1, 0.15) is 5.75 Å². The summed E-state index contributed by atoms with van der Waals surface area (Å²) in [5, 5.41) is 12.3. The van der Waals surface area contributed by atoms with Crippen LogP contribution < -0.4 is 10.1 Å². The number of hydrogen-bond donors (Lipinski definition) is 2. The summed E-state index contributed by atoms with van der Waals surface area (Å²) in [6.07, 6.45) is 2.43. The minimum absolute atomic E-state index is 0.0877. The first-order valence-corrected chi connectivity index (χ1v) is 6.29. The highest BCUT2D eigenvalue weighted by atomic mass is 16.5. The topological polar surface area (TPSA) is 58.6 Å². The normalized spacial score (nSPS) is 22.8. The number of carbonyl (C=O) groups excluding carboxylic acids is 1. The number of nitrogens with one attached hydrogen (secondary N) is 1. The largest absolute Gasteiger partial charge is 0.497 e. The average Bonchev–Trinajstić information content (AvgIpc) is 2.82. The quantitative estimate of drug-likeness (QED) is 0.852. The average molecular weight is 249 g/mol. The Hall–Kier alpha value is -1.55. The number of carbonyl (C=O) groups is 1. The zero-order chi connectivity index (χ0) is 13.0. The first-order valence-electron chi connectivity index (χ1n) is 6.29. The molecule has 2 unspecified atom stereocenters. The summed E-state index contributed by atoms with van der Waals surface area (Å²) in [5.74, 6) is 0.990. The van der Waals surface area contributed by atoms with Crippen molar-refractivity contribution in [3.63, 3.8) is 0 Å². The molecule has 2 atom stereocenters. The molecule has 0 saturated heterocycles. The number of aliphatic hydroxyl groups is 1. The van der Waals surface area contributed by atoms with E-state index < -0.39 is 0 Å². The maximum absolute atomic E-state index is 11.9. The second kappa shape index (κ2) is 5.87. The van der Waals surface area contributed by atoms with Crippen molar-refractivity contribution in [3.05, 3.63) is 29.8 Å². The number of hydrogen-bond acceptors (Lipinski definition) is 3. The van der Waals surface area contributed by atoms with Crippen LogP contribution in [0.4, 0.5) is 0 Å². The van der Waals surface area contributed by atoms with Crippen LogP contribution >= 0.6 is 0 Å². The number of ether oxygens (including phenoxy) is 1. The number of benzene rings is 1. The third kappa shape index (κ3) is 3.23. The van der Waals surface area contributed by atoms with Gasteiger partial charge in [-0.2, -0.15) is 0 Å². The van der Waals surface area contributed by atoms with Crippen molar-refractivity contribution < 1.29 is 14.6 Å². The van der Waals surface area contributed by atoms with E-state index in [1.54, 1.807) is 25.3 Å². The maximum atomic E-state index is 11.9. The zero-order valence-electron chi connectivity index (χ0n) is 10.6. The summed E-state index contributed by atoms with van der Waals surface area (Å²) in [6.45, 7) is 0.632. The second-order valence-electron chi connectivity index (χ2n) is 4.77. The van der Waals surface area contributed by atoms with Crippen molar-refractivity contribution in [2.75, 3.05) is 13.7 Å². The van der Waals surface area contributed by atoms with E-state index in [0.29, 0.717) is 23.8 Å². The van der Waals surface area contributed by atoms with Gasteiger partial charge in [-0.1, -0.05) is 6.07 Å². The highest BCUT2D eigenvalue weighted by Gasteiger charge is 2.23. The zero-order valence-corrected chi connectivity index (χ0v) is 10.6. The Balaban J connectivity index is 1.87. The molecule has 0 aromatic heterocycles. The molecule has 98 valence electrons. The summed E-state index contributed by atoms with van der Waals surface area (Å²) in [6, 6.07) is 7.09. The van der Waals surface area contributed by atoms with Crippen LogP contribution in [-0.2, 0) is 0 Å². The van der Waals surface area contributed by atoms with Gasteiger partial charge in [0.2, 0.25) is 0 Å². The number of amides is 1. The molecule has 1 aliphatic rings. The van der Waals surface area contributed by atoms with Gasteiger partial charge < -0.3 is 15.2 Å². The molecule has 2 N–H and O–H groups in total. The third-order valence-corrected chi connectivity index (χ3v) is 3.40. The maximum Gasteiger partial charge on any atom is 0.251 e. The molecule has 1 aromatic carbocycles. The van der Waals surface area contributed by atoms with Gasteiger partial charge in [0.05, 0.1) is 13.2 Å². The molecule has 1 aliphatic carbocycles. The molecule has 4 heteroatoms. The van der Waals surface area contributed by atoms with Crippen LogP contribution in [0.2, 0.25) is 0 Å². The van der Waals surface area contributed by atoms with E-state index in [-0.39, 0.29) is 12.0 Å². The summed E-state index contributed by atoms with van der Waals surface area (Å²) >= 11 is 0. The number of rotatable bonds is 4. The lowest BCUT2D eigenvalue weighted by Crippen LogP contribution is -2.28. The van der Waals surface area contributed by atoms with Crippen molar-refractivity contribution in [1.29, 1.82) is 0 Å². The molecule has 1 fully saturated rings. The SMILES string of the molecule is COc1cccc(C(=O)NCC2CCC(O)C2)c1. The van der Waals surface area contributed by atoms with E-state index in [0.717, 1.165) is 19.3 Å². The number of methoxy groups -OCH3 is 1. The molecule has 0 bridgehead atoms. The molecule has 0 heterocycles. The van der Waals surface area contributed by atoms with Crippen LogP contribution in [0, 0.1) is 5.92 Å². The predicted octanol–water partition coefficient (Wildman–Crippen LogP) is 1.59. The smallest absolute Gasteiger partial charge is 0.251 e. The first-order chi connectivity index (χ1) is 8.69. The first kappa shape index (κ1) is 12.9. The van der Waals surface area contributed by atoms with Crippen molar-refractivity contribution in [2.45, 2.75) is 25.4 Å². The van der Waals surface area contributed by atoms with Gasteiger partial charge in [0.25, 0.3) is 5.91 Å². The molecular formula is C14H19NO3. The van der Waals surface area contributed by atoms with Crippen molar-refractivity contribution in [1.82, 2.24) is 5.32 Å². The third-order valence-electron chi connectivity index (χ3n) is 3.40. The molecule has 0 spiro atoms. The molecule has 18 heavy (non-hydrogen) atoms. The Kier molecular flexibility index (Phi) is 4.20. The summed E-state index contributed by atoms with van der Waals surface area (Å²) < 4.78 is 5.08. The Bertz CT molecular complexity index is 419. The van der Waals surface area contributed by atoms with E-state index >= 15 is 0 Å². The fourth-order valence-corrected chi connectivity index (χ4v) is 2.34. The second-order valence-corrected chi connectivity index (χ2v) is 4.77. The van der Waals surface area contributed by atoms with E-state index in [2.05, 4.69) is 5.32 Å². The molecule has 1 saturated carbocycles. The monoisotopic (exact) mass is 249 g/mol. The van der Waals surface area contributed by atoms with E-state index in [9.17, 15) is 9.90 Å². The molecule has 4 nitrogen and oxygen atoms in total. The van der Waals surface area contributed by atoms with Crippen LogP contribution in [0.5, 0.6) is 5.75 Å². The van der Waals surface area contributed by atoms with Gasteiger partial charge in [0.15, 0.2) is 0 Å². The molecular weight excluding hydrogens is 230 g/mol. The van der Waals surface area contributed by atoms with Crippen LogP contribution in [0.25, 0.3) is 0 Å². The molecule has 2 rings (SSSR count). The fraction of sp³-hybridized carbons (Fsp3) is 0.500. The Morgan fingerprint density at radius 2 is 2.33 bits per heavy atom. The molecule has 0 radical (unpaired) electrons. The van der Waals surface area contributed by atoms with E-state index in [1.807, 2.05) is 6.07 Å². The number of aliphatic hydroxyl groups excluding tert-OH is 1. The summed E-state index contributed by atoms with van der Waals surface area (Å²) in [5.41, 5.74) is 0.605. The standard InChI is InChI=1S/C14H19NO3/c1-18-13-4-2-3-11(8-13)14(17)15-9-10-5-6-12(16)7-10/h2-4,8,10,12,16H,5-7,9H2,1H3,(H,15,17). The van der Waals surface area contributed by atoms with E-state index in [4.69, 9.17) is 4.74 Å². The van der Waals surface area contributed by atoms with Crippen LogP contribution in [0.1, 0.15) is 29.6 Å². The fourth-order valence-electron chi connectivity index (χ4n) is 2.34. The Morgan fingerprint density at radius 3 is 3.00 bits per heavy atom. The van der Waals surface area contributed by atoms with Gasteiger partial charge >= 0.3 is 0 Å². The Labute approximate surface area is 107 Å². The van der Waals surface area contributed by atoms with Gasteiger partial charge in [-0.25, -0.2) is 0 Å². The molecule has 0 aliphatic heterocycles. The van der Waals surface area contributed by atoms with Gasteiger partial charge in [0, 0.05) is 12.1 Å². The summed E-state index contributed by atoms with van der Waals surface area (Å²) in [4.78, 5) is 11.9. The molecule has 1 amide bonds. The van der Waals surface area contributed by atoms with Gasteiger partial charge in [-0.3, -0.25) is 4.79 Å². The summed E-state index contributed by atoms with van der Waals surface area (Å²) in [7, 11) is 1.58. The lowest BCUT2D eigenvalue weighted by molar-refractivity contribution is 0.0944. The Morgan fingerprint density at radius 1 is 1.50 bits per heavy atom. The van der Waals surface area contributed by atoms with E-state index in [1.165, 1.54) is 0 Å². The predicted molar refractivity (Wildman–Crippen MR) is 68.7 cm³/mol.